The highest BCUT2D eigenvalue weighted by Gasteiger charge is 2.19. The molecule has 0 rings (SSSR count). The van der Waals surface area contributed by atoms with Crippen molar-refractivity contribution in [2.24, 2.45) is 0 Å². The smallest absolute Gasteiger partial charge is 0.306 e. The van der Waals surface area contributed by atoms with E-state index in [9.17, 15) is 14.4 Å². The molecule has 1 unspecified atom stereocenters. The monoisotopic (exact) mass is 989 g/mol. The van der Waals surface area contributed by atoms with E-state index < -0.39 is 6.10 Å². The lowest BCUT2D eigenvalue weighted by Crippen LogP contribution is -2.30. The Kier molecular flexibility index (Phi) is 58.6. The molecule has 0 fully saturated rings. The van der Waals surface area contributed by atoms with Gasteiger partial charge in [0.1, 0.15) is 13.2 Å². The molecule has 0 heterocycles. The highest BCUT2D eigenvalue weighted by molar-refractivity contribution is 5.71. The normalized spacial score (nSPS) is 11.9. The van der Waals surface area contributed by atoms with Crippen LogP contribution in [0.25, 0.3) is 0 Å². The third-order valence-electron chi connectivity index (χ3n) is 14.9. The van der Waals surface area contributed by atoms with Crippen molar-refractivity contribution in [1.82, 2.24) is 0 Å². The van der Waals surface area contributed by atoms with Crippen LogP contribution in [0, 0.1) is 0 Å². The first kappa shape index (κ1) is 68.4. The first-order chi connectivity index (χ1) is 34.5. The molecule has 6 nitrogen and oxygen atoms in total. The van der Waals surface area contributed by atoms with E-state index >= 15 is 0 Å². The lowest BCUT2D eigenvalue weighted by atomic mass is 10.0. The largest absolute Gasteiger partial charge is 0.462 e. The van der Waals surface area contributed by atoms with Crippen molar-refractivity contribution in [3.05, 3.63) is 0 Å². The van der Waals surface area contributed by atoms with Crippen LogP contribution >= 0.6 is 0 Å². The van der Waals surface area contributed by atoms with E-state index in [1.54, 1.807) is 0 Å². The fraction of sp³-hybridized carbons (Fsp3) is 0.953. The van der Waals surface area contributed by atoms with E-state index in [1.165, 1.54) is 276 Å². The Bertz CT molecular complexity index is 1040. The average molecular weight is 990 g/mol. The SMILES string of the molecule is CCCCCCCCCCCCCCCCCCCCCCCCCCC(=O)OCC(COC(=O)CCCCCCCCCCCCC)OC(=O)CCCCCCCCCCCCCCCCCCC. The molecule has 0 N–H and O–H groups in total. The van der Waals surface area contributed by atoms with Gasteiger partial charge < -0.3 is 14.2 Å². The van der Waals surface area contributed by atoms with Crippen molar-refractivity contribution in [3.8, 4) is 0 Å². The van der Waals surface area contributed by atoms with E-state index in [0.29, 0.717) is 19.3 Å². The summed E-state index contributed by atoms with van der Waals surface area (Å²) in [7, 11) is 0. The van der Waals surface area contributed by atoms with Crippen LogP contribution in [0.15, 0.2) is 0 Å². The molecule has 0 radical (unpaired) electrons. The number of esters is 3. The number of hydrogen-bond donors (Lipinski definition) is 0. The van der Waals surface area contributed by atoms with Crippen molar-refractivity contribution >= 4 is 17.9 Å². The predicted octanol–water partition coefficient (Wildman–Crippen LogP) is 21.5. The maximum Gasteiger partial charge on any atom is 0.306 e. The van der Waals surface area contributed by atoms with Crippen LogP contribution in [0.1, 0.15) is 374 Å². The lowest BCUT2D eigenvalue weighted by molar-refractivity contribution is -0.167. The van der Waals surface area contributed by atoms with Gasteiger partial charge in [0.2, 0.25) is 0 Å². The van der Waals surface area contributed by atoms with Gasteiger partial charge in [0.15, 0.2) is 6.10 Å². The zero-order chi connectivity index (χ0) is 50.7. The molecule has 0 aliphatic rings. The zero-order valence-electron chi connectivity index (χ0n) is 47.8. The van der Waals surface area contributed by atoms with Gasteiger partial charge in [-0.15, -0.1) is 0 Å². The third kappa shape index (κ3) is 57.3. The molecule has 0 aliphatic carbocycles. The molecule has 0 saturated carbocycles. The fourth-order valence-corrected chi connectivity index (χ4v) is 10.0. The predicted molar refractivity (Wildman–Crippen MR) is 303 cm³/mol. The molecule has 0 saturated heterocycles. The summed E-state index contributed by atoms with van der Waals surface area (Å²) in [6, 6.07) is 0. The first-order valence-electron chi connectivity index (χ1n) is 32.0. The molecule has 0 spiro atoms. The van der Waals surface area contributed by atoms with Crippen LogP contribution in [0.3, 0.4) is 0 Å². The van der Waals surface area contributed by atoms with Gasteiger partial charge in [-0.2, -0.15) is 0 Å². The molecular weight excluding hydrogens is 865 g/mol. The Labute approximate surface area is 438 Å². The molecule has 0 aromatic rings. The number of ether oxygens (including phenoxy) is 3. The van der Waals surface area contributed by atoms with Crippen LogP contribution in [0.4, 0.5) is 0 Å². The third-order valence-corrected chi connectivity index (χ3v) is 14.9. The second-order valence-corrected chi connectivity index (χ2v) is 22.1. The molecular formula is C64H124O6. The Morgan fingerprint density at radius 3 is 0.571 bits per heavy atom. The summed E-state index contributed by atoms with van der Waals surface area (Å²) in [5.74, 6) is -0.828. The summed E-state index contributed by atoms with van der Waals surface area (Å²) in [6.45, 7) is 6.72. The summed E-state index contributed by atoms with van der Waals surface area (Å²) in [6.07, 6.45) is 68.3. The number of carbonyl (C=O) groups excluding carboxylic acids is 3. The van der Waals surface area contributed by atoms with Gasteiger partial charge in [0, 0.05) is 19.3 Å². The zero-order valence-corrected chi connectivity index (χ0v) is 47.8. The molecule has 0 aromatic heterocycles. The maximum atomic E-state index is 12.9. The molecule has 0 aromatic carbocycles. The molecule has 416 valence electrons. The quantitative estimate of drug-likeness (QED) is 0.0343. The summed E-state index contributed by atoms with van der Waals surface area (Å²) >= 11 is 0. The summed E-state index contributed by atoms with van der Waals surface area (Å²) < 4.78 is 16.9. The highest BCUT2D eigenvalue weighted by Crippen LogP contribution is 2.19. The second kappa shape index (κ2) is 60.0. The van der Waals surface area contributed by atoms with Gasteiger partial charge in [0.25, 0.3) is 0 Å². The average Bonchev–Trinajstić information content (AvgIpc) is 3.36. The topological polar surface area (TPSA) is 78.9 Å². The Balaban J connectivity index is 4.16. The van der Waals surface area contributed by atoms with Crippen molar-refractivity contribution in [3.63, 3.8) is 0 Å². The number of hydrogen-bond acceptors (Lipinski definition) is 6. The highest BCUT2D eigenvalue weighted by atomic mass is 16.6. The number of carbonyl (C=O) groups is 3. The second-order valence-electron chi connectivity index (χ2n) is 22.1. The van der Waals surface area contributed by atoms with Gasteiger partial charge in [-0.05, 0) is 19.3 Å². The van der Waals surface area contributed by atoms with Gasteiger partial charge in [-0.1, -0.05) is 335 Å². The van der Waals surface area contributed by atoms with E-state index in [0.717, 1.165) is 57.8 Å². The lowest BCUT2D eigenvalue weighted by Gasteiger charge is -2.18. The minimum atomic E-state index is -0.761. The molecule has 1 atom stereocenters. The summed E-state index contributed by atoms with van der Waals surface area (Å²) in [5, 5.41) is 0. The first-order valence-corrected chi connectivity index (χ1v) is 32.0. The van der Waals surface area contributed by atoms with Crippen LogP contribution in [-0.2, 0) is 28.6 Å². The molecule has 70 heavy (non-hydrogen) atoms. The van der Waals surface area contributed by atoms with Crippen LogP contribution in [0.5, 0.6) is 0 Å². The molecule has 0 bridgehead atoms. The van der Waals surface area contributed by atoms with Crippen molar-refractivity contribution < 1.29 is 28.6 Å². The van der Waals surface area contributed by atoms with Gasteiger partial charge in [0.05, 0.1) is 0 Å². The molecule has 0 amide bonds. The van der Waals surface area contributed by atoms with Crippen molar-refractivity contribution in [1.29, 1.82) is 0 Å². The van der Waals surface area contributed by atoms with Gasteiger partial charge in [-0.3, -0.25) is 14.4 Å². The van der Waals surface area contributed by atoms with E-state index in [4.69, 9.17) is 14.2 Å². The number of unbranched alkanes of at least 4 members (excludes halogenated alkanes) is 49. The Morgan fingerprint density at radius 1 is 0.229 bits per heavy atom. The number of rotatable bonds is 60. The van der Waals surface area contributed by atoms with Gasteiger partial charge in [-0.25, -0.2) is 0 Å². The summed E-state index contributed by atoms with van der Waals surface area (Å²) in [5.41, 5.74) is 0. The van der Waals surface area contributed by atoms with Crippen LogP contribution in [-0.4, -0.2) is 37.2 Å². The van der Waals surface area contributed by atoms with Crippen molar-refractivity contribution in [2.75, 3.05) is 13.2 Å². The minimum Gasteiger partial charge on any atom is -0.462 e. The fourth-order valence-electron chi connectivity index (χ4n) is 10.0. The Hall–Kier alpha value is -1.59. The van der Waals surface area contributed by atoms with Crippen LogP contribution < -0.4 is 0 Å². The summed E-state index contributed by atoms with van der Waals surface area (Å²) in [4.78, 5) is 38.2. The standard InChI is InChI=1S/C64H124O6/c1-4-7-10-13-16-19-22-24-26-28-29-30-31-32-33-34-36-37-39-42-45-48-51-54-57-63(66)69-60-61(59-68-62(65)56-53-50-47-44-41-21-18-15-12-9-6-3)70-64(67)58-55-52-49-46-43-40-38-35-27-25-23-20-17-14-11-8-5-2/h61H,4-60H2,1-3H3. The molecule has 0 aliphatic heterocycles. The van der Waals surface area contributed by atoms with E-state index in [-0.39, 0.29) is 31.1 Å². The van der Waals surface area contributed by atoms with E-state index in [2.05, 4.69) is 20.8 Å². The molecule has 6 heteroatoms. The van der Waals surface area contributed by atoms with E-state index in [1.807, 2.05) is 0 Å². The minimum absolute atomic E-state index is 0.0608. The Morgan fingerprint density at radius 2 is 0.386 bits per heavy atom. The maximum absolute atomic E-state index is 12.9. The van der Waals surface area contributed by atoms with Gasteiger partial charge >= 0.3 is 17.9 Å². The van der Waals surface area contributed by atoms with Crippen molar-refractivity contribution in [2.45, 2.75) is 380 Å². The van der Waals surface area contributed by atoms with Crippen LogP contribution in [0.2, 0.25) is 0 Å².